The second-order valence-corrected chi connectivity index (χ2v) is 9.15. The minimum atomic E-state index is -0.226. The molecule has 6 N–H and O–H groups in total. The number of carbonyl (C=O) groups is 2. The van der Waals surface area contributed by atoms with E-state index < -0.39 is 0 Å². The van der Waals surface area contributed by atoms with Gasteiger partial charge < -0.3 is 31.4 Å². The predicted molar refractivity (Wildman–Crippen MR) is 149 cm³/mol. The van der Waals surface area contributed by atoms with E-state index in [2.05, 4.69) is 34.4 Å². The van der Waals surface area contributed by atoms with Crippen LogP contribution in [0.3, 0.4) is 0 Å². The molecule has 194 valence electrons. The lowest BCUT2D eigenvalue weighted by Gasteiger charge is -2.18. The van der Waals surface area contributed by atoms with Gasteiger partial charge in [0.1, 0.15) is 0 Å². The fourth-order valence-electron chi connectivity index (χ4n) is 4.93. The molecule has 0 saturated carbocycles. The summed E-state index contributed by atoms with van der Waals surface area (Å²) in [7, 11) is 0. The van der Waals surface area contributed by atoms with Crippen LogP contribution in [0.2, 0.25) is 0 Å². The summed E-state index contributed by atoms with van der Waals surface area (Å²) in [6, 6.07) is 13.0. The molecule has 2 heterocycles. The number of anilines is 2. The Labute approximate surface area is 217 Å². The van der Waals surface area contributed by atoms with Gasteiger partial charge >= 0.3 is 0 Å². The highest BCUT2D eigenvalue weighted by molar-refractivity contribution is 6.35. The van der Waals surface area contributed by atoms with Crippen LogP contribution in [0, 0.1) is 6.92 Å². The van der Waals surface area contributed by atoms with Crippen LogP contribution in [0.1, 0.15) is 46.7 Å². The monoisotopic (exact) mass is 501 g/mol. The van der Waals surface area contributed by atoms with Gasteiger partial charge in [-0.05, 0) is 61.8 Å². The zero-order chi connectivity index (χ0) is 26.5. The molecule has 1 aromatic heterocycles. The van der Waals surface area contributed by atoms with E-state index in [1.807, 2.05) is 43.3 Å². The van der Waals surface area contributed by atoms with E-state index in [0.29, 0.717) is 52.4 Å². The van der Waals surface area contributed by atoms with E-state index in [-0.39, 0.29) is 18.4 Å². The first kappa shape index (κ1) is 26.2. The molecule has 8 nitrogen and oxygen atoms in total. The maximum absolute atomic E-state index is 13.4. The van der Waals surface area contributed by atoms with Crippen LogP contribution in [0.4, 0.5) is 11.4 Å². The average Bonchev–Trinajstić information content (AvgIpc) is 3.38. The molecule has 0 bridgehead atoms. The number of aromatic nitrogens is 1. The lowest BCUT2D eigenvalue weighted by molar-refractivity contribution is -0.110. The summed E-state index contributed by atoms with van der Waals surface area (Å²) < 4.78 is 0. The lowest BCUT2D eigenvalue weighted by Crippen LogP contribution is -2.35. The Bertz CT molecular complexity index is 1340. The number of aliphatic hydroxyl groups is 1. The third-order valence-corrected chi connectivity index (χ3v) is 6.81. The number of rotatable bonds is 10. The van der Waals surface area contributed by atoms with Crippen molar-refractivity contribution in [2.24, 2.45) is 0 Å². The van der Waals surface area contributed by atoms with Gasteiger partial charge in [-0.3, -0.25) is 9.59 Å². The maximum atomic E-state index is 13.4. The molecule has 3 aromatic rings. The van der Waals surface area contributed by atoms with E-state index >= 15 is 0 Å². The molecule has 0 spiro atoms. The number of carbonyl (C=O) groups excluding carboxylic acids is 2. The minimum absolute atomic E-state index is 0.0219. The van der Waals surface area contributed by atoms with Crippen molar-refractivity contribution in [2.45, 2.75) is 27.2 Å². The number of nitrogens with one attached hydrogen (secondary N) is 3. The van der Waals surface area contributed by atoms with E-state index in [9.17, 15) is 14.7 Å². The Hall–Kier alpha value is -3.88. The van der Waals surface area contributed by atoms with Gasteiger partial charge in [0.15, 0.2) is 0 Å². The highest BCUT2D eigenvalue weighted by Crippen LogP contribution is 2.39. The molecular weight excluding hydrogens is 466 g/mol. The molecule has 2 aromatic carbocycles. The number of benzene rings is 2. The number of likely N-dealkylation sites (N-methyl/N-ethyl adjacent to an activating group) is 1. The normalized spacial score (nSPS) is 13.8. The molecule has 4 rings (SSSR count). The molecule has 0 atom stereocenters. The van der Waals surface area contributed by atoms with Gasteiger partial charge in [-0.2, -0.15) is 0 Å². The first-order valence-corrected chi connectivity index (χ1v) is 12.7. The molecule has 0 aliphatic carbocycles. The maximum Gasteiger partial charge on any atom is 0.256 e. The van der Waals surface area contributed by atoms with Crippen molar-refractivity contribution in [2.75, 3.05) is 43.8 Å². The van der Waals surface area contributed by atoms with E-state index in [1.54, 1.807) is 12.1 Å². The summed E-state index contributed by atoms with van der Waals surface area (Å²) in [5.74, 6) is -0.406. The summed E-state index contributed by atoms with van der Waals surface area (Å²) in [6.07, 6.45) is 2.22. The molecule has 8 heteroatoms. The Morgan fingerprint density at radius 2 is 1.89 bits per heavy atom. The van der Waals surface area contributed by atoms with Crippen LogP contribution < -0.4 is 16.4 Å². The first-order chi connectivity index (χ1) is 17.9. The molecule has 2 amide bonds. The quantitative estimate of drug-likeness (QED) is 0.214. The van der Waals surface area contributed by atoms with E-state index in [4.69, 9.17) is 5.73 Å². The Balaban J connectivity index is 1.80. The second kappa shape index (κ2) is 11.5. The lowest BCUT2D eigenvalue weighted by atomic mass is 9.95. The fraction of sp³-hybridized carbons (Fsp3) is 0.310. The Morgan fingerprint density at radius 3 is 2.59 bits per heavy atom. The third kappa shape index (κ3) is 5.45. The average molecular weight is 502 g/mol. The minimum Gasteiger partial charge on any atom is -0.399 e. The highest BCUT2D eigenvalue weighted by atomic mass is 16.3. The van der Waals surface area contributed by atoms with Gasteiger partial charge in [0.2, 0.25) is 0 Å². The number of aromatic amines is 1. The van der Waals surface area contributed by atoms with Gasteiger partial charge in [-0.1, -0.05) is 38.1 Å². The number of fused-ring (bicyclic) bond motifs is 1. The second-order valence-electron chi connectivity index (χ2n) is 9.15. The zero-order valence-electron chi connectivity index (χ0n) is 21.6. The molecule has 0 saturated heterocycles. The van der Waals surface area contributed by atoms with Gasteiger partial charge in [0, 0.05) is 53.6 Å². The number of H-pyrrole nitrogens is 1. The largest absolute Gasteiger partial charge is 0.399 e. The van der Waals surface area contributed by atoms with Crippen molar-refractivity contribution in [3.8, 4) is 11.1 Å². The van der Waals surface area contributed by atoms with Gasteiger partial charge in [-0.25, -0.2) is 0 Å². The van der Waals surface area contributed by atoms with E-state index in [0.717, 1.165) is 36.3 Å². The summed E-state index contributed by atoms with van der Waals surface area (Å²) in [5.41, 5.74) is 12.9. The van der Waals surface area contributed by atoms with Crippen molar-refractivity contribution in [3.63, 3.8) is 0 Å². The number of nitrogens with zero attached hydrogens (tertiary/aromatic N) is 1. The first-order valence-electron chi connectivity index (χ1n) is 12.7. The van der Waals surface area contributed by atoms with Gasteiger partial charge in [0.05, 0.1) is 11.1 Å². The van der Waals surface area contributed by atoms with Crippen molar-refractivity contribution in [3.05, 3.63) is 70.5 Å². The van der Waals surface area contributed by atoms with Crippen LogP contribution in [-0.4, -0.2) is 59.6 Å². The fourth-order valence-corrected chi connectivity index (χ4v) is 4.93. The van der Waals surface area contributed by atoms with Gasteiger partial charge in [-0.15, -0.1) is 0 Å². The number of hydrogen-bond acceptors (Lipinski definition) is 5. The van der Waals surface area contributed by atoms with Crippen LogP contribution in [0.25, 0.3) is 22.8 Å². The van der Waals surface area contributed by atoms with Gasteiger partial charge in [0.25, 0.3) is 11.8 Å². The molecular formula is C29H35N5O3. The molecule has 0 unspecified atom stereocenters. The van der Waals surface area contributed by atoms with Crippen molar-refractivity contribution < 1.29 is 14.7 Å². The van der Waals surface area contributed by atoms with Crippen LogP contribution in [0.5, 0.6) is 0 Å². The van der Waals surface area contributed by atoms with Crippen LogP contribution in [-0.2, 0) is 11.2 Å². The topological polar surface area (TPSA) is 123 Å². The van der Waals surface area contributed by atoms with Crippen molar-refractivity contribution in [1.82, 2.24) is 15.2 Å². The molecule has 1 aliphatic rings. The van der Waals surface area contributed by atoms with Crippen LogP contribution in [0.15, 0.2) is 42.5 Å². The van der Waals surface area contributed by atoms with Crippen LogP contribution >= 0.6 is 0 Å². The third-order valence-electron chi connectivity index (χ3n) is 6.81. The summed E-state index contributed by atoms with van der Waals surface area (Å²) in [4.78, 5) is 32.1. The summed E-state index contributed by atoms with van der Waals surface area (Å²) in [6.45, 7) is 9.16. The Morgan fingerprint density at radius 1 is 1.14 bits per heavy atom. The highest BCUT2D eigenvalue weighted by Gasteiger charge is 2.29. The molecule has 37 heavy (non-hydrogen) atoms. The number of nitrogen functional groups attached to an aromatic ring is 1. The molecule has 1 aliphatic heterocycles. The number of hydrogen-bond donors (Lipinski definition) is 5. The summed E-state index contributed by atoms with van der Waals surface area (Å²) in [5, 5.41) is 15.5. The van der Waals surface area contributed by atoms with Crippen molar-refractivity contribution in [1.29, 1.82) is 0 Å². The number of aliphatic hydroxyl groups excluding tert-OH is 1. The number of amides is 2. The van der Waals surface area contributed by atoms with Crippen molar-refractivity contribution >= 4 is 34.8 Å². The Kier molecular flexibility index (Phi) is 8.11. The molecule has 0 radical (unpaired) electrons. The predicted octanol–water partition coefficient (Wildman–Crippen LogP) is 3.67. The standard InChI is InChI=1S/C29H35N5O3/c1-4-34(5-2)14-13-31-29(37)25-18(3)32-24(27(25)20-9-6-10-21(30)16-20)17-22-26-19(12-15-35)8-7-11-23(26)33-28(22)36/h6-11,16-17,32,35H,4-5,12-15,30H2,1-3H3,(H,31,37)(H,33,36)/b22-17-. The van der Waals surface area contributed by atoms with E-state index in [1.165, 1.54) is 0 Å². The number of nitrogens with two attached hydrogens (primary N) is 1. The zero-order valence-corrected chi connectivity index (χ0v) is 21.6. The smallest absolute Gasteiger partial charge is 0.256 e. The summed E-state index contributed by atoms with van der Waals surface area (Å²) >= 11 is 0. The number of aryl methyl sites for hydroxylation is 1. The SMILES string of the molecule is CCN(CC)CCNC(=O)c1c(C)[nH]c(/C=C2\C(=O)Nc3cccc(CCO)c32)c1-c1cccc(N)c1. The molecule has 0 fully saturated rings.